The standard InChI is InChI=1S/C15H20N2O3S/c1-4-15(18)17-9-11(2)14(10-17)12-6-5-7-13(8-12)21(19,20)16-3/h4-8,11,14,16H,1,9-10H2,2-3H3/t11-,14-/m1/s1. The summed E-state index contributed by atoms with van der Waals surface area (Å²) in [5.74, 6) is 0.339. The number of carbonyl (C=O) groups is 1. The number of hydrogen-bond acceptors (Lipinski definition) is 3. The molecular formula is C15H20N2O3S. The number of sulfonamides is 1. The number of likely N-dealkylation sites (tertiary alicyclic amines) is 1. The van der Waals surface area contributed by atoms with Crippen LogP contribution in [0.5, 0.6) is 0 Å². The molecule has 1 aromatic carbocycles. The van der Waals surface area contributed by atoms with E-state index in [4.69, 9.17) is 0 Å². The van der Waals surface area contributed by atoms with E-state index in [0.29, 0.717) is 13.1 Å². The van der Waals surface area contributed by atoms with Gasteiger partial charge in [0.2, 0.25) is 15.9 Å². The van der Waals surface area contributed by atoms with Gasteiger partial charge in [-0.25, -0.2) is 13.1 Å². The summed E-state index contributed by atoms with van der Waals surface area (Å²) >= 11 is 0. The minimum absolute atomic E-state index is 0.0802. The fraction of sp³-hybridized carbons (Fsp3) is 0.400. The molecule has 0 radical (unpaired) electrons. The van der Waals surface area contributed by atoms with Crippen molar-refractivity contribution in [2.45, 2.75) is 17.7 Å². The smallest absolute Gasteiger partial charge is 0.245 e. The Morgan fingerprint density at radius 1 is 1.43 bits per heavy atom. The van der Waals surface area contributed by atoms with Gasteiger partial charge in [0.05, 0.1) is 4.90 Å². The molecule has 1 aromatic rings. The summed E-state index contributed by atoms with van der Waals surface area (Å²) in [6.07, 6.45) is 1.32. The molecule has 0 spiro atoms. The van der Waals surface area contributed by atoms with Crippen LogP contribution in [0.3, 0.4) is 0 Å². The van der Waals surface area contributed by atoms with Crippen molar-refractivity contribution in [3.63, 3.8) is 0 Å². The molecule has 6 heteroatoms. The van der Waals surface area contributed by atoms with Gasteiger partial charge in [0.15, 0.2) is 0 Å². The molecule has 0 aliphatic carbocycles. The first kappa shape index (κ1) is 15.7. The molecule has 1 fully saturated rings. The second kappa shape index (κ2) is 5.99. The largest absolute Gasteiger partial charge is 0.338 e. The maximum atomic E-state index is 11.9. The normalized spacial score (nSPS) is 22.3. The van der Waals surface area contributed by atoms with Crippen LogP contribution in [0.4, 0.5) is 0 Å². The number of carbonyl (C=O) groups excluding carboxylic acids is 1. The molecule has 1 amide bonds. The van der Waals surface area contributed by atoms with Crippen molar-refractivity contribution in [2.24, 2.45) is 5.92 Å². The molecule has 2 rings (SSSR count). The zero-order valence-corrected chi connectivity index (χ0v) is 13.1. The van der Waals surface area contributed by atoms with Gasteiger partial charge in [-0.15, -0.1) is 0 Å². The Labute approximate surface area is 125 Å². The Kier molecular flexibility index (Phi) is 4.49. The molecule has 0 unspecified atom stereocenters. The van der Waals surface area contributed by atoms with Crippen LogP contribution in [0.1, 0.15) is 18.4 Å². The van der Waals surface area contributed by atoms with Gasteiger partial charge < -0.3 is 4.90 Å². The number of rotatable bonds is 4. The maximum absolute atomic E-state index is 11.9. The van der Waals surface area contributed by atoms with E-state index in [9.17, 15) is 13.2 Å². The van der Waals surface area contributed by atoms with Gasteiger partial charge in [0, 0.05) is 19.0 Å². The number of nitrogens with one attached hydrogen (secondary N) is 1. The molecule has 114 valence electrons. The van der Waals surface area contributed by atoms with Crippen LogP contribution in [0.2, 0.25) is 0 Å². The number of nitrogens with zero attached hydrogens (tertiary/aromatic N) is 1. The Bertz CT molecular complexity index is 655. The van der Waals surface area contributed by atoms with Gasteiger partial charge in [0.1, 0.15) is 0 Å². The Morgan fingerprint density at radius 2 is 2.14 bits per heavy atom. The summed E-state index contributed by atoms with van der Waals surface area (Å²) in [6, 6.07) is 6.92. The minimum atomic E-state index is -3.45. The second-order valence-electron chi connectivity index (χ2n) is 5.31. The quantitative estimate of drug-likeness (QED) is 0.854. The Morgan fingerprint density at radius 3 is 2.76 bits per heavy atom. The van der Waals surface area contributed by atoms with Crippen LogP contribution >= 0.6 is 0 Å². The third kappa shape index (κ3) is 3.16. The molecule has 0 saturated carbocycles. The van der Waals surface area contributed by atoms with Crippen molar-refractivity contribution in [1.82, 2.24) is 9.62 Å². The molecule has 2 atom stereocenters. The lowest BCUT2D eigenvalue weighted by Crippen LogP contribution is -2.26. The van der Waals surface area contributed by atoms with Crippen molar-refractivity contribution in [3.8, 4) is 0 Å². The Hall–Kier alpha value is -1.66. The predicted octanol–water partition coefficient (Wildman–Crippen LogP) is 1.34. The molecule has 1 heterocycles. The van der Waals surface area contributed by atoms with E-state index in [0.717, 1.165) is 5.56 Å². The van der Waals surface area contributed by atoms with E-state index in [1.165, 1.54) is 13.1 Å². The third-order valence-corrected chi connectivity index (χ3v) is 5.38. The van der Waals surface area contributed by atoms with Crippen molar-refractivity contribution in [2.75, 3.05) is 20.1 Å². The van der Waals surface area contributed by atoms with Crippen LogP contribution in [0, 0.1) is 5.92 Å². The molecule has 1 N–H and O–H groups in total. The van der Waals surface area contributed by atoms with E-state index in [-0.39, 0.29) is 22.6 Å². The highest BCUT2D eigenvalue weighted by Crippen LogP contribution is 2.33. The lowest BCUT2D eigenvalue weighted by Gasteiger charge is -2.16. The first-order valence-electron chi connectivity index (χ1n) is 6.84. The van der Waals surface area contributed by atoms with E-state index < -0.39 is 10.0 Å². The van der Waals surface area contributed by atoms with Gasteiger partial charge in [-0.05, 0) is 36.7 Å². The molecular weight excluding hydrogens is 288 g/mol. The lowest BCUT2D eigenvalue weighted by molar-refractivity contribution is -0.125. The zero-order chi connectivity index (χ0) is 15.6. The number of hydrogen-bond donors (Lipinski definition) is 1. The number of amides is 1. The van der Waals surface area contributed by atoms with E-state index in [2.05, 4.69) is 18.2 Å². The van der Waals surface area contributed by atoms with Crippen molar-refractivity contribution < 1.29 is 13.2 Å². The summed E-state index contributed by atoms with van der Waals surface area (Å²) in [7, 11) is -2.06. The van der Waals surface area contributed by atoms with Gasteiger partial charge in [-0.2, -0.15) is 0 Å². The maximum Gasteiger partial charge on any atom is 0.245 e. The van der Waals surface area contributed by atoms with Crippen LogP contribution in [-0.4, -0.2) is 39.4 Å². The highest BCUT2D eigenvalue weighted by Gasteiger charge is 2.32. The predicted molar refractivity (Wildman–Crippen MR) is 81.4 cm³/mol. The highest BCUT2D eigenvalue weighted by atomic mass is 32.2. The fourth-order valence-electron chi connectivity index (χ4n) is 2.74. The summed E-state index contributed by atoms with van der Waals surface area (Å²) < 4.78 is 26.1. The average Bonchev–Trinajstić information content (AvgIpc) is 2.88. The monoisotopic (exact) mass is 308 g/mol. The van der Waals surface area contributed by atoms with Gasteiger partial charge in [-0.3, -0.25) is 4.79 Å². The van der Waals surface area contributed by atoms with E-state index >= 15 is 0 Å². The van der Waals surface area contributed by atoms with Gasteiger partial charge in [0.25, 0.3) is 0 Å². The van der Waals surface area contributed by atoms with Gasteiger partial charge in [-0.1, -0.05) is 25.6 Å². The molecule has 21 heavy (non-hydrogen) atoms. The first-order chi connectivity index (χ1) is 9.89. The molecule has 1 saturated heterocycles. The second-order valence-corrected chi connectivity index (χ2v) is 7.20. The van der Waals surface area contributed by atoms with Crippen molar-refractivity contribution in [1.29, 1.82) is 0 Å². The molecule has 0 bridgehead atoms. The number of benzene rings is 1. The van der Waals surface area contributed by atoms with Crippen LogP contribution in [0.25, 0.3) is 0 Å². The molecule has 1 aliphatic rings. The fourth-order valence-corrected chi connectivity index (χ4v) is 3.52. The summed E-state index contributed by atoms with van der Waals surface area (Å²) in [6.45, 7) is 6.83. The van der Waals surface area contributed by atoms with Crippen LogP contribution < -0.4 is 4.72 Å². The minimum Gasteiger partial charge on any atom is -0.338 e. The Balaban J connectivity index is 2.29. The average molecular weight is 308 g/mol. The lowest BCUT2D eigenvalue weighted by atomic mass is 9.90. The summed E-state index contributed by atoms with van der Waals surface area (Å²) in [4.78, 5) is 13.7. The molecule has 1 aliphatic heterocycles. The zero-order valence-electron chi connectivity index (χ0n) is 12.2. The van der Waals surface area contributed by atoms with E-state index in [1.807, 2.05) is 6.07 Å². The molecule has 5 nitrogen and oxygen atoms in total. The van der Waals surface area contributed by atoms with Crippen molar-refractivity contribution in [3.05, 3.63) is 42.5 Å². The third-order valence-electron chi connectivity index (χ3n) is 3.96. The van der Waals surface area contributed by atoms with Crippen LogP contribution in [-0.2, 0) is 14.8 Å². The SMILES string of the molecule is C=CC(=O)N1C[C@@H](C)[C@H](c2cccc(S(=O)(=O)NC)c2)C1. The topological polar surface area (TPSA) is 66.5 Å². The molecule has 0 aromatic heterocycles. The van der Waals surface area contributed by atoms with E-state index in [1.54, 1.807) is 23.1 Å². The van der Waals surface area contributed by atoms with Crippen molar-refractivity contribution >= 4 is 15.9 Å². The van der Waals surface area contributed by atoms with Gasteiger partial charge >= 0.3 is 0 Å². The summed E-state index contributed by atoms with van der Waals surface area (Å²) in [5, 5.41) is 0. The first-order valence-corrected chi connectivity index (χ1v) is 8.32. The van der Waals surface area contributed by atoms with Crippen LogP contribution in [0.15, 0.2) is 41.8 Å². The summed E-state index contributed by atoms with van der Waals surface area (Å²) in [5.41, 5.74) is 0.943. The highest BCUT2D eigenvalue weighted by molar-refractivity contribution is 7.89.